The molecule has 5 heteroatoms. The van der Waals surface area contributed by atoms with Gasteiger partial charge in [0, 0.05) is 4.47 Å². The second kappa shape index (κ2) is 6.89. The number of rotatable bonds is 4. The van der Waals surface area contributed by atoms with E-state index in [2.05, 4.69) is 20.9 Å². The first-order chi connectivity index (χ1) is 11.2. The van der Waals surface area contributed by atoms with Crippen LogP contribution in [0.25, 0.3) is 23.1 Å². The molecule has 0 fully saturated rings. The Hall–Kier alpha value is -2.24. The van der Waals surface area contributed by atoms with Crippen molar-refractivity contribution >= 4 is 39.0 Å². The molecule has 0 atom stereocenters. The van der Waals surface area contributed by atoms with Gasteiger partial charge in [-0.1, -0.05) is 46.3 Å². The number of hydrogen-bond acceptors (Lipinski definition) is 3. The summed E-state index contributed by atoms with van der Waals surface area (Å²) in [5.74, 6) is 0.533. The van der Waals surface area contributed by atoms with E-state index in [-0.39, 0.29) is 18.7 Å². The number of aromatic nitrogens is 2. The molecule has 0 aliphatic heterocycles. The van der Waals surface area contributed by atoms with Gasteiger partial charge in [0.25, 0.3) is 5.56 Å². The minimum atomic E-state index is -0.139. The molecule has 23 heavy (non-hydrogen) atoms. The Morgan fingerprint density at radius 2 is 1.83 bits per heavy atom. The van der Waals surface area contributed by atoms with Crippen molar-refractivity contribution in [3.05, 3.63) is 74.7 Å². The number of aliphatic hydroxyl groups excluding tert-OH is 1. The highest BCUT2D eigenvalue weighted by Gasteiger charge is 2.08. The van der Waals surface area contributed by atoms with E-state index < -0.39 is 0 Å². The van der Waals surface area contributed by atoms with Gasteiger partial charge in [-0.05, 0) is 35.9 Å². The zero-order valence-electron chi connectivity index (χ0n) is 12.3. The standard InChI is InChI=1S/C18H15BrN2O2/c19-14-8-5-13(6-9-14)7-10-17-20-16-4-2-1-3-15(16)18(23)21(17)11-12-22/h1-10,22H,11-12H2/b10-7-. The van der Waals surface area contributed by atoms with Crippen LogP contribution < -0.4 is 5.56 Å². The van der Waals surface area contributed by atoms with Gasteiger partial charge in [-0.15, -0.1) is 0 Å². The molecule has 4 nitrogen and oxygen atoms in total. The van der Waals surface area contributed by atoms with Crippen LogP contribution in [0.15, 0.2) is 57.8 Å². The molecule has 2 aromatic carbocycles. The number of nitrogens with zero attached hydrogens (tertiary/aromatic N) is 2. The van der Waals surface area contributed by atoms with Crippen LogP contribution in [0.1, 0.15) is 11.4 Å². The van der Waals surface area contributed by atoms with Gasteiger partial charge in [-0.25, -0.2) is 4.98 Å². The van der Waals surface area contributed by atoms with Crippen LogP contribution in [0.2, 0.25) is 0 Å². The number of fused-ring (bicyclic) bond motifs is 1. The zero-order valence-corrected chi connectivity index (χ0v) is 13.9. The summed E-state index contributed by atoms with van der Waals surface area (Å²) in [4.78, 5) is 17.1. The van der Waals surface area contributed by atoms with Gasteiger partial charge in [-0.2, -0.15) is 0 Å². The first-order valence-electron chi connectivity index (χ1n) is 7.23. The molecule has 3 rings (SSSR count). The highest BCUT2D eigenvalue weighted by molar-refractivity contribution is 9.10. The van der Waals surface area contributed by atoms with Gasteiger partial charge >= 0.3 is 0 Å². The Kier molecular flexibility index (Phi) is 4.69. The molecule has 0 saturated carbocycles. The molecule has 1 heterocycles. The smallest absolute Gasteiger partial charge is 0.261 e. The Morgan fingerprint density at radius 3 is 2.57 bits per heavy atom. The first-order valence-corrected chi connectivity index (χ1v) is 8.02. The van der Waals surface area contributed by atoms with Crippen LogP contribution in [-0.2, 0) is 6.54 Å². The van der Waals surface area contributed by atoms with Gasteiger partial charge in [-0.3, -0.25) is 9.36 Å². The van der Waals surface area contributed by atoms with Crippen LogP contribution in [0.4, 0.5) is 0 Å². The zero-order chi connectivity index (χ0) is 16.2. The Labute approximate surface area is 141 Å². The second-order valence-electron chi connectivity index (χ2n) is 5.05. The van der Waals surface area contributed by atoms with Gasteiger partial charge < -0.3 is 5.11 Å². The Balaban J connectivity index is 2.09. The van der Waals surface area contributed by atoms with E-state index in [9.17, 15) is 9.90 Å². The van der Waals surface area contributed by atoms with Crippen molar-refractivity contribution in [2.45, 2.75) is 6.54 Å². The van der Waals surface area contributed by atoms with Crippen LogP contribution in [0.5, 0.6) is 0 Å². The lowest BCUT2D eigenvalue weighted by Gasteiger charge is -2.09. The number of halogens is 1. The largest absolute Gasteiger partial charge is 0.395 e. The molecular formula is C18H15BrN2O2. The predicted molar refractivity (Wildman–Crippen MR) is 96.2 cm³/mol. The number of para-hydroxylation sites is 1. The van der Waals surface area contributed by atoms with E-state index in [4.69, 9.17) is 0 Å². The fraction of sp³-hybridized carbons (Fsp3) is 0.111. The lowest BCUT2D eigenvalue weighted by molar-refractivity contribution is 0.273. The maximum atomic E-state index is 12.6. The molecule has 116 valence electrons. The predicted octanol–water partition coefficient (Wildman–Crippen LogP) is 3.32. The quantitative estimate of drug-likeness (QED) is 0.766. The summed E-state index contributed by atoms with van der Waals surface area (Å²) in [5, 5.41) is 9.80. The summed E-state index contributed by atoms with van der Waals surface area (Å²) in [6.07, 6.45) is 3.70. The molecule has 0 amide bonds. The van der Waals surface area contributed by atoms with Crippen LogP contribution in [-0.4, -0.2) is 21.3 Å². The van der Waals surface area contributed by atoms with Crippen molar-refractivity contribution < 1.29 is 5.11 Å². The van der Waals surface area contributed by atoms with Crippen LogP contribution >= 0.6 is 15.9 Å². The molecule has 0 radical (unpaired) electrons. The molecule has 1 N–H and O–H groups in total. The molecule has 0 saturated heterocycles. The van der Waals surface area contributed by atoms with Gasteiger partial charge in [0.05, 0.1) is 24.1 Å². The average molecular weight is 371 g/mol. The first kappa shape index (κ1) is 15.6. The topological polar surface area (TPSA) is 55.1 Å². The molecule has 0 aliphatic rings. The molecular weight excluding hydrogens is 356 g/mol. The summed E-state index contributed by atoms with van der Waals surface area (Å²) in [6, 6.07) is 15.1. The molecule has 0 bridgehead atoms. The Morgan fingerprint density at radius 1 is 1.09 bits per heavy atom. The lowest BCUT2D eigenvalue weighted by Crippen LogP contribution is -2.25. The third-order valence-corrected chi connectivity index (χ3v) is 4.04. The minimum absolute atomic E-state index is 0.112. The molecule has 0 aliphatic carbocycles. The van der Waals surface area contributed by atoms with Gasteiger partial charge in [0.1, 0.15) is 5.82 Å². The van der Waals surface area contributed by atoms with Crippen molar-refractivity contribution in [3.63, 3.8) is 0 Å². The highest BCUT2D eigenvalue weighted by atomic mass is 79.9. The van der Waals surface area contributed by atoms with E-state index in [1.807, 2.05) is 48.5 Å². The van der Waals surface area contributed by atoms with Crippen LogP contribution in [0, 0.1) is 0 Å². The van der Waals surface area contributed by atoms with E-state index in [0.717, 1.165) is 10.0 Å². The van der Waals surface area contributed by atoms with Crippen molar-refractivity contribution in [1.82, 2.24) is 9.55 Å². The van der Waals surface area contributed by atoms with Crippen molar-refractivity contribution in [2.24, 2.45) is 0 Å². The lowest BCUT2D eigenvalue weighted by atomic mass is 10.2. The van der Waals surface area contributed by atoms with Gasteiger partial charge in [0.15, 0.2) is 0 Å². The summed E-state index contributed by atoms with van der Waals surface area (Å²) in [5.41, 5.74) is 1.52. The molecule has 3 aromatic rings. The maximum absolute atomic E-state index is 12.6. The summed E-state index contributed by atoms with van der Waals surface area (Å²) in [6.45, 7) is 0.107. The SMILES string of the molecule is O=c1c2ccccc2nc(/C=C\c2ccc(Br)cc2)n1CCO. The molecule has 1 aromatic heterocycles. The van der Waals surface area contributed by atoms with E-state index in [1.165, 1.54) is 4.57 Å². The van der Waals surface area contributed by atoms with E-state index in [0.29, 0.717) is 16.7 Å². The normalized spacial score (nSPS) is 11.4. The van der Waals surface area contributed by atoms with Crippen molar-refractivity contribution in [2.75, 3.05) is 6.61 Å². The van der Waals surface area contributed by atoms with E-state index in [1.54, 1.807) is 12.1 Å². The molecule has 0 spiro atoms. The highest BCUT2D eigenvalue weighted by Crippen LogP contribution is 2.14. The maximum Gasteiger partial charge on any atom is 0.261 e. The number of benzene rings is 2. The number of aliphatic hydroxyl groups is 1. The number of hydrogen-bond donors (Lipinski definition) is 1. The second-order valence-corrected chi connectivity index (χ2v) is 5.97. The summed E-state index contributed by atoms with van der Waals surface area (Å²) < 4.78 is 2.51. The van der Waals surface area contributed by atoms with Crippen LogP contribution in [0.3, 0.4) is 0 Å². The Bertz CT molecular complexity index is 914. The third-order valence-electron chi connectivity index (χ3n) is 3.51. The summed E-state index contributed by atoms with van der Waals surface area (Å²) >= 11 is 3.40. The fourth-order valence-electron chi connectivity index (χ4n) is 2.37. The molecule has 0 unspecified atom stereocenters. The van der Waals surface area contributed by atoms with Crippen molar-refractivity contribution in [1.29, 1.82) is 0 Å². The minimum Gasteiger partial charge on any atom is -0.395 e. The third kappa shape index (κ3) is 3.41. The average Bonchev–Trinajstić information content (AvgIpc) is 2.57. The summed E-state index contributed by atoms with van der Waals surface area (Å²) in [7, 11) is 0. The fourth-order valence-corrected chi connectivity index (χ4v) is 2.64. The van der Waals surface area contributed by atoms with E-state index >= 15 is 0 Å². The van der Waals surface area contributed by atoms with Gasteiger partial charge in [0.2, 0.25) is 0 Å². The monoisotopic (exact) mass is 370 g/mol. The van der Waals surface area contributed by atoms with Crippen molar-refractivity contribution in [3.8, 4) is 0 Å².